The SMILES string of the molecule is CCCC[C@@H]1CC(=O)[C@]2(O)OC3C(OC2O1)[C@@H](O)[C@H](NC)[C@H](O)[C@@H]3NC. The fourth-order valence-electron chi connectivity index (χ4n) is 4.19. The standard InChI is InChI=1S/C17H30N2O7/c1-4-5-6-8-7-9(20)17(23)16(24-8)25-15-13(22)10(18-2)12(21)11(19-3)14(15)26-17/h8,10-16,18-19,21-23H,4-7H2,1-3H3/t8-,10-,11+,12+,13+,14?,15?,16?,17+/m1/s1. The van der Waals surface area contributed by atoms with Crippen molar-refractivity contribution >= 4 is 5.78 Å². The first kappa shape index (κ1) is 20.1. The van der Waals surface area contributed by atoms with Crippen molar-refractivity contribution in [3.05, 3.63) is 0 Å². The summed E-state index contributed by atoms with van der Waals surface area (Å²) in [6.45, 7) is 2.05. The molecule has 0 aromatic heterocycles. The highest BCUT2D eigenvalue weighted by Gasteiger charge is 2.63. The second kappa shape index (κ2) is 7.76. The van der Waals surface area contributed by atoms with E-state index in [0.717, 1.165) is 12.8 Å². The average Bonchev–Trinajstić information content (AvgIpc) is 2.61. The highest BCUT2D eigenvalue weighted by Crippen LogP contribution is 2.40. The Hall–Kier alpha value is -0.650. The number of aliphatic hydroxyl groups excluding tert-OH is 2. The van der Waals surface area contributed by atoms with E-state index in [1.54, 1.807) is 14.1 Å². The quantitative estimate of drug-likeness (QED) is 0.380. The van der Waals surface area contributed by atoms with Crippen LogP contribution in [0.15, 0.2) is 0 Å². The molecule has 0 amide bonds. The molecular formula is C17H30N2O7. The minimum atomic E-state index is -2.23. The molecule has 26 heavy (non-hydrogen) atoms. The van der Waals surface area contributed by atoms with Crippen molar-refractivity contribution in [3.8, 4) is 0 Å². The van der Waals surface area contributed by atoms with Crippen LogP contribution in [0.4, 0.5) is 0 Å². The van der Waals surface area contributed by atoms with Crippen molar-refractivity contribution < 1.29 is 34.3 Å². The van der Waals surface area contributed by atoms with Crippen LogP contribution < -0.4 is 10.6 Å². The van der Waals surface area contributed by atoms with Crippen LogP contribution in [0.1, 0.15) is 32.6 Å². The van der Waals surface area contributed by atoms with Gasteiger partial charge in [-0.1, -0.05) is 19.8 Å². The first-order valence-corrected chi connectivity index (χ1v) is 9.32. The Bertz CT molecular complexity index is 521. The number of ether oxygens (including phenoxy) is 3. The summed E-state index contributed by atoms with van der Waals surface area (Å²) in [6.07, 6.45) is -2.92. The molecule has 3 rings (SSSR count). The number of carbonyl (C=O) groups excluding carboxylic acids is 1. The van der Waals surface area contributed by atoms with Crippen LogP contribution in [0.2, 0.25) is 0 Å². The Morgan fingerprint density at radius 3 is 2.42 bits per heavy atom. The third-order valence-electron chi connectivity index (χ3n) is 5.71. The smallest absolute Gasteiger partial charge is 0.280 e. The first-order valence-electron chi connectivity index (χ1n) is 9.32. The molecule has 150 valence electrons. The molecule has 2 aliphatic heterocycles. The van der Waals surface area contributed by atoms with E-state index in [1.807, 2.05) is 6.92 Å². The van der Waals surface area contributed by atoms with Crippen LogP contribution in [-0.2, 0) is 19.0 Å². The Labute approximate surface area is 153 Å². The monoisotopic (exact) mass is 374 g/mol. The second-order valence-corrected chi connectivity index (χ2v) is 7.35. The Morgan fingerprint density at radius 2 is 1.81 bits per heavy atom. The van der Waals surface area contributed by atoms with Crippen molar-refractivity contribution in [2.24, 2.45) is 0 Å². The molecule has 5 N–H and O–H groups in total. The van der Waals surface area contributed by atoms with Gasteiger partial charge < -0.3 is 40.2 Å². The van der Waals surface area contributed by atoms with Crippen molar-refractivity contribution in [3.63, 3.8) is 0 Å². The molecule has 9 atom stereocenters. The maximum Gasteiger partial charge on any atom is 0.280 e. The number of aliphatic hydroxyl groups is 3. The molecule has 9 heteroatoms. The van der Waals surface area contributed by atoms with Crippen LogP contribution in [0.3, 0.4) is 0 Å². The molecule has 1 saturated carbocycles. The number of nitrogens with one attached hydrogen (secondary N) is 2. The Morgan fingerprint density at radius 1 is 1.12 bits per heavy atom. The van der Waals surface area contributed by atoms with Gasteiger partial charge in [-0.3, -0.25) is 4.79 Å². The molecule has 2 heterocycles. The van der Waals surface area contributed by atoms with Gasteiger partial charge in [-0.25, -0.2) is 0 Å². The van der Waals surface area contributed by atoms with Crippen molar-refractivity contribution in [1.29, 1.82) is 0 Å². The van der Waals surface area contributed by atoms with Gasteiger partial charge in [0.15, 0.2) is 5.78 Å². The van der Waals surface area contributed by atoms with E-state index < -0.39 is 54.4 Å². The Kier molecular flexibility index (Phi) is 6.00. The lowest BCUT2D eigenvalue weighted by Crippen LogP contribution is -2.77. The van der Waals surface area contributed by atoms with E-state index in [1.165, 1.54) is 0 Å². The molecule has 0 radical (unpaired) electrons. The van der Waals surface area contributed by atoms with Gasteiger partial charge in [0, 0.05) is 6.42 Å². The minimum absolute atomic E-state index is 0.0439. The van der Waals surface area contributed by atoms with Crippen molar-refractivity contribution in [1.82, 2.24) is 10.6 Å². The third-order valence-corrected chi connectivity index (χ3v) is 5.71. The van der Waals surface area contributed by atoms with E-state index in [9.17, 15) is 20.1 Å². The van der Waals surface area contributed by atoms with E-state index in [4.69, 9.17) is 14.2 Å². The fourth-order valence-corrected chi connectivity index (χ4v) is 4.19. The van der Waals surface area contributed by atoms with Crippen LogP contribution in [-0.4, -0.2) is 89.9 Å². The molecule has 3 unspecified atom stereocenters. The maximum atomic E-state index is 12.6. The third kappa shape index (κ3) is 3.20. The highest BCUT2D eigenvalue weighted by atomic mass is 16.8. The molecular weight excluding hydrogens is 344 g/mol. The van der Waals surface area contributed by atoms with Gasteiger partial charge in [-0.05, 0) is 20.5 Å². The minimum Gasteiger partial charge on any atom is -0.390 e. The predicted molar refractivity (Wildman–Crippen MR) is 90.2 cm³/mol. The summed E-state index contributed by atoms with van der Waals surface area (Å²) < 4.78 is 17.4. The number of fused-ring (bicyclic) bond motifs is 2. The summed E-state index contributed by atoms with van der Waals surface area (Å²) in [4.78, 5) is 12.6. The van der Waals surface area contributed by atoms with Crippen LogP contribution in [0.25, 0.3) is 0 Å². The second-order valence-electron chi connectivity index (χ2n) is 7.35. The van der Waals surface area contributed by atoms with Gasteiger partial charge in [0.05, 0.1) is 24.3 Å². The molecule has 0 bridgehead atoms. The lowest BCUT2D eigenvalue weighted by Gasteiger charge is -2.55. The molecule has 9 nitrogen and oxygen atoms in total. The van der Waals surface area contributed by atoms with E-state index in [2.05, 4.69) is 10.6 Å². The molecule has 3 aliphatic rings. The Balaban J connectivity index is 1.84. The summed E-state index contributed by atoms with van der Waals surface area (Å²) >= 11 is 0. The normalized spacial score (nSPS) is 48.8. The topological polar surface area (TPSA) is 130 Å². The lowest BCUT2D eigenvalue weighted by atomic mass is 9.80. The van der Waals surface area contributed by atoms with Gasteiger partial charge in [-0.15, -0.1) is 0 Å². The number of rotatable bonds is 5. The number of likely N-dealkylation sites (N-methyl/N-ethyl adjacent to an activating group) is 2. The lowest BCUT2D eigenvalue weighted by molar-refractivity contribution is -0.421. The number of unbranched alkanes of at least 4 members (excludes halogenated alkanes) is 1. The molecule has 3 fully saturated rings. The van der Waals surface area contributed by atoms with E-state index in [-0.39, 0.29) is 12.5 Å². The number of carbonyl (C=O) groups is 1. The zero-order valence-electron chi connectivity index (χ0n) is 15.4. The number of Topliss-reactive ketones (excluding diaryl/α,β-unsaturated/α-hetero) is 1. The molecule has 0 aromatic rings. The zero-order valence-corrected chi connectivity index (χ0v) is 15.4. The summed E-state index contributed by atoms with van der Waals surface area (Å²) in [5.74, 6) is -2.73. The summed E-state index contributed by atoms with van der Waals surface area (Å²) in [5, 5.41) is 37.8. The van der Waals surface area contributed by atoms with Gasteiger partial charge in [0.2, 0.25) is 6.29 Å². The van der Waals surface area contributed by atoms with E-state index >= 15 is 0 Å². The largest absolute Gasteiger partial charge is 0.390 e. The molecule has 2 saturated heterocycles. The van der Waals surface area contributed by atoms with Gasteiger partial charge in [-0.2, -0.15) is 0 Å². The highest BCUT2D eigenvalue weighted by molar-refractivity contribution is 5.87. The average molecular weight is 374 g/mol. The van der Waals surface area contributed by atoms with Crippen LogP contribution in [0.5, 0.6) is 0 Å². The summed E-state index contributed by atoms with van der Waals surface area (Å²) in [6, 6.07) is -1.30. The number of hydrogen-bond acceptors (Lipinski definition) is 9. The predicted octanol–water partition coefficient (Wildman–Crippen LogP) is -1.76. The first-order chi connectivity index (χ1) is 12.4. The molecule has 0 spiro atoms. The van der Waals surface area contributed by atoms with Gasteiger partial charge in [0.25, 0.3) is 5.79 Å². The summed E-state index contributed by atoms with van der Waals surface area (Å²) in [7, 11) is 3.26. The molecule has 0 aromatic carbocycles. The van der Waals surface area contributed by atoms with Crippen LogP contribution in [0, 0.1) is 0 Å². The van der Waals surface area contributed by atoms with Crippen molar-refractivity contribution in [2.45, 2.75) is 87.3 Å². The fraction of sp³-hybridized carbons (Fsp3) is 0.941. The van der Waals surface area contributed by atoms with Gasteiger partial charge >= 0.3 is 0 Å². The zero-order chi connectivity index (χ0) is 19.1. The van der Waals surface area contributed by atoms with Crippen molar-refractivity contribution in [2.75, 3.05) is 14.1 Å². The number of ketones is 1. The van der Waals surface area contributed by atoms with E-state index in [0.29, 0.717) is 6.42 Å². The summed E-state index contributed by atoms with van der Waals surface area (Å²) in [5.41, 5.74) is 0. The molecule has 1 aliphatic carbocycles. The maximum absolute atomic E-state index is 12.6. The number of hydrogen-bond donors (Lipinski definition) is 5. The van der Waals surface area contributed by atoms with Crippen LogP contribution >= 0.6 is 0 Å². The van der Waals surface area contributed by atoms with Gasteiger partial charge in [0.1, 0.15) is 18.3 Å².